The molecule has 1 amide bonds. The highest BCUT2D eigenvalue weighted by molar-refractivity contribution is 5.80. The van der Waals surface area contributed by atoms with E-state index in [0.717, 1.165) is 12.1 Å². The molecule has 0 aliphatic rings. The van der Waals surface area contributed by atoms with Gasteiger partial charge in [0.1, 0.15) is 0 Å². The molecule has 1 aromatic rings. The van der Waals surface area contributed by atoms with Crippen LogP contribution in [0.4, 0.5) is 0 Å². The van der Waals surface area contributed by atoms with Crippen LogP contribution in [0.3, 0.4) is 0 Å². The number of benzene rings is 1. The molecule has 0 radical (unpaired) electrons. The summed E-state index contributed by atoms with van der Waals surface area (Å²) in [5.74, 6) is 0.121. The van der Waals surface area contributed by atoms with Crippen LogP contribution in [0.5, 0.6) is 0 Å². The fraction of sp³-hybridized carbons (Fsp3) is 0.500. The molecule has 0 heterocycles. The van der Waals surface area contributed by atoms with Crippen molar-refractivity contribution in [2.45, 2.75) is 26.1 Å². The first-order valence-electron chi connectivity index (χ1n) is 6.15. The van der Waals surface area contributed by atoms with E-state index in [2.05, 4.69) is 12.1 Å². The number of carbonyl (C=O) groups is 1. The van der Waals surface area contributed by atoms with Crippen LogP contribution < -0.4 is 5.73 Å². The SMILES string of the molecule is CC(C(=O)N(C)C)N(C)Cc1ccc(CN)cc1. The second kappa shape index (κ2) is 6.52. The molecule has 0 aliphatic heterocycles. The summed E-state index contributed by atoms with van der Waals surface area (Å²) in [5, 5.41) is 0. The van der Waals surface area contributed by atoms with Crippen molar-refractivity contribution in [1.29, 1.82) is 0 Å². The fourth-order valence-corrected chi connectivity index (χ4v) is 1.77. The topological polar surface area (TPSA) is 49.6 Å². The minimum absolute atomic E-state index is 0.116. The van der Waals surface area contributed by atoms with E-state index in [1.165, 1.54) is 5.56 Å². The van der Waals surface area contributed by atoms with Crippen molar-refractivity contribution < 1.29 is 4.79 Å². The molecule has 18 heavy (non-hydrogen) atoms. The maximum atomic E-state index is 11.8. The highest BCUT2D eigenvalue weighted by atomic mass is 16.2. The van der Waals surface area contributed by atoms with Gasteiger partial charge in [0.15, 0.2) is 0 Å². The van der Waals surface area contributed by atoms with Gasteiger partial charge < -0.3 is 10.6 Å². The van der Waals surface area contributed by atoms with Gasteiger partial charge in [0.2, 0.25) is 5.91 Å². The Kier molecular flexibility index (Phi) is 5.31. The van der Waals surface area contributed by atoms with Crippen LogP contribution in [0.15, 0.2) is 24.3 Å². The number of hydrogen-bond acceptors (Lipinski definition) is 3. The largest absolute Gasteiger partial charge is 0.347 e. The number of likely N-dealkylation sites (N-methyl/N-ethyl adjacent to an activating group) is 2. The molecule has 0 aliphatic carbocycles. The molecular weight excluding hydrogens is 226 g/mol. The maximum absolute atomic E-state index is 11.8. The van der Waals surface area contributed by atoms with Crippen molar-refractivity contribution in [3.05, 3.63) is 35.4 Å². The van der Waals surface area contributed by atoms with Crippen LogP contribution in [0.25, 0.3) is 0 Å². The van der Waals surface area contributed by atoms with Crippen molar-refractivity contribution >= 4 is 5.91 Å². The Bertz CT molecular complexity index is 387. The summed E-state index contributed by atoms with van der Waals surface area (Å²) >= 11 is 0. The first-order valence-corrected chi connectivity index (χ1v) is 6.15. The number of carbonyl (C=O) groups excluding carboxylic acids is 1. The van der Waals surface area contributed by atoms with Crippen molar-refractivity contribution in [2.75, 3.05) is 21.1 Å². The standard InChI is InChI=1S/C14H23N3O/c1-11(14(18)16(2)3)17(4)10-13-7-5-12(9-15)6-8-13/h5-8,11H,9-10,15H2,1-4H3. The van der Waals surface area contributed by atoms with Crippen molar-refractivity contribution in [3.8, 4) is 0 Å². The van der Waals surface area contributed by atoms with Crippen LogP contribution in [0.2, 0.25) is 0 Å². The Morgan fingerprint density at radius 1 is 1.17 bits per heavy atom. The third-order valence-electron chi connectivity index (χ3n) is 3.15. The lowest BCUT2D eigenvalue weighted by atomic mass is 10.1. The monoisotopic (exact) mass is 249 g/mol. The van der Waals surface area contributed by atoms with E-state index in [0.29, 0.717) is 6.54 Å². The summed E-state index contributed by atoms with van der Waals surface area (Å²) in [6.07, 6.45) is 0. The highest BCUT2D eigenvalue weighted by Gasteiger charge is 2.19. The van der Waals surface area contributed by atoms with Gasteiger partial charge in [-0.1, -0.05) is 24.3 Å². The molecule has 1 unspecified atom stereocenters. The van der Waals surface area contributed by atoms with E-state index in [-0.39, 0.29) is 11.9 Å². The molecule has 2 N–H and O–H groups in total. The summed E-state index contributed by atoms with van der Waals surface area (Å²) in [7, 11) is 5.52. The van der Waals surface area contributed by atoms with Gasteiger partial charge >= 0.3 is 0 Å². The number of amides is 1. The summed E-state index contributed by atoms with van der Waals surface area (Å²) in [6, 6.07) is 8.06. The third-order valence-corrected chi connectivity index (χ3v) is 3.15. The van der Waals surface area contributed by atoms with E-state index < -0.39 is 0 Å². The molecule has 0 bridgehead atoms. The lowest BCUT2D eigenvalue weighted by Gasteiger charge is -2.26. The van der Waals surface area contributed by atoms with E-state index in [1.807, 2.05) is 31.0 Å². The van der Waals surface area contributed by atoms with Crippen molar-refractivity contribution in [1.82, 2.24) is 9.80 Å². The van der Waals surface area contributed by atoms with Crippen LogP contribution in [-0.2, 0) is 17.9 Å². The van der Waals surface area contributed by atoms with Gasteiger partial charge in [-0.05, 0) is 25.1 Å². The molecule has 0 spiro atoms. The molecule has 1 aromatic carbocycles. The highest BCUT2D eigenvalue weighted by Crippen LogP contribution is 2.09. The summed E-state index contributed by atoms with van der Waals surface area (Å²) < 4.78 is 0. The molecular formula is C14H23N3O. The first-order chi connectivity index (χ1) is 8.45. The summed E-state index contributed by atoms with van der Waals surface area (Å²) in [5.41, 5.74) is 7.87. The lowest BCUT2D eigenvalue weighted by molar-refractivity contribution is -0.133. The number of hydrogen-bond donors (Lipinski definition) is 1. The zero-order valence-electron chi connectivity index (χ0n) is 11.7. The molecule has 0 saturated heterocycles. The van der Waals surface area contributed by atoms with Gasteiger partial charge in [0, 0.05) is 27.2 Å². The second-order valence-electron chi connectivity index (χ2n) is 4.84. The van der Waals surface area contributed by atoms with Crippen LogP contribution in [-0.4, -0.2) is 42.9 Å². The van der Waals surface area contributed by atoms with Crippen LogP contribution >= 0.6 is 0 Å². The van der Waals surface area contributed by atoms with Crippen molar-refractivity contribution in [2.24, 2.45) is 5.73 Å². The lowest BCUT2D eigenvalue weighted by Crippen LogP contribution is -2.42. The second-order valence-corrected chi connectivity index (χ2v) is 4.84. The van der Waals surface area contributed by atoms with E-state index in [1.54, 1.807) is 19.0 Å². The number of nitrogens with two attached hydrogens (primary N) is 1. The summed E-state index contributed by atoms with van der Waals surface area (Å²) in [4.78, 5) is 15.5. The minimum atomic E-state index is -0.116. The van der Waals surface area contributed by atoms with Gasteiger partial charge in [0.25, 0.3) is 0 Å². The molecule has 4 nitrogen and oxygen atoms in total. The number of nitrogens with zero attached hydrogens (tertiary/aromatic N) is 2. The maximum Gasteiger partial charge on any atom is 0.239 e. The average Bonchev–Trinajstić information content (AvgIpc) is 2.37. The Morgan fingerprint density at radius 3 is 2.11 bits per heavy atom. The molecule has 4 heteroatoms. The van der Waals surface area contributed by atoms with Gasteiger partial charge in [-0.25, -0.2) is 0 Å². The summed E-state index contributed by atoms with van der Waals surface area (Å²) in [6.45, 7) is 3.24. The van der Waals surface area contributed by atoms with Gasteiger partial charge in [-0.2, -0.15) is 0 Å². The van der Waals surface area contributed by atoms with Gasteiger partial charge in [-0.3, -0.25) is 9.69 Å². The van der Waals surface area contributed by atoms with Crippen molar-refractivity contribution in [3.63, 3.8) is 0 Å². The molecule has 1 rings (SSSR count). The first kappa shape index (κ1) is 14.7. The zero-order valence-corrected chi connectivity index (χ0v) is 11.7. The smallest absolute Gasteiger partial charge is 0.239 e. The normalized spacial score (nSPS) is 12.6. The minimum Gasteiger partial charge on any atom is -0.347 e. The molecule has 0 fully saturated rings. The molecule has 100 valence electrons. The van der Waals surface area contributed by atoms with Crippen LogP contribution in [0, 0.1) is 0 Å². The number of rotatable bonds is 5. The Balaban J connectivity index is 2.63. The predicted octanol–water partition coefficient (Wildman–Crippen LogP) is 1.05. The third kappa shape index (κ3) is 3.82. The predicted molar refractivity (Wildman–Crippen MR) is 74.0 cm³/mol. The Labute approximate surface area is 109 Å². The van der Waals surface area contributed by atoms with E-state index >= 15 is 0 Å². The fourth-order valence-electron chi connectivity index (χ4n) is 1.77. The van der Waals surface area contributed by atoms with E-state index in [4.69, 9.17) is 5.73 Å². The van der Waals surface area contributed by atoms with Gasteiger partial charge in [0.05, 0.1) is 6.04 Å². The molecule has 1 atom stereocenters. The van der Waals surface area contributed by atoms with Crippen LogP contribution in [0.1, 0.15) is 18.1 Å². The average molecular weight is 249 g/mol. The van der Waals surface area contributed by atoms with E-state index in [9.17, 15) is 4.79 Å². The quantitative estimate of drug-likeness (QED) is 0.848. The molecule has 0 saturated carbocycles. The Hall–Kier alpha value is -1.39. The van der Waals surface area contributed by atoms with Gasteiger partial charge in [-0.15, -0.1) is 0 Å². The zero-order chi connectivity index (χ0) is 13.7. The Morgan fingerprint density at radius 2 is 1.67 bits per heavy atom. The molecule has 0 aromatic heterocycles.